The summed E-state index contributed by atoms with van der Waals surface area (Å²) in [5, 5.41) is 11.3. The molecule has 2 rings (SSSR count). The quantitative estimate of drug-likeness (QED) is 0.581. The van der Waals surface area contributed by atoms with Gasteiger partial charge < -0.3 is 10.7 Å². The fourth-order valence-corrected chi connectivity index (χ4v) is 1.51. The number of hydrogen-bond acceptors (Lipinski definition) is 5. The first-order chi connectivity index (χ1) is 9.63. The van der Waals surface area contributed by atoms with Crippen molar-refractivity contribution < 1.29 is 9.18 Å². The van der Waals surface area contributed by atoms with E-state index in [9.17, 15) is 9.18 Å². The lowest BCUT2D eigenvalue weighted by Crippen LogP contribution is -2.13. The summed E-state index contributed by atoms with van der Waals surface area (Å²) in [6.45, 7) is 0. The summed E-state index contributed by atoms with van der Waals surface area (Å²) in [6.07, 6.45) is 1.35. The molecule has 0 aliphatic carbocycles. The zero-order valence-corrected chi connectivity index (χ0v) is 10.2. The van der Waals surface area contributed by atoms with Crippen LogP contribution in [0.25, 0.3) is 0 Å². The fraction of sp³-hybridized carbons (Fsp3) is 0. The van der Waals surface area contributed by atoms with Crippen LogP contribution in [0.4, 0.5) is 15.9 Å². The van der Waals surface area contributed by atoms with Crippen molar-refractivity contribution >= 4 is 17.4 Å². The Labute approximate surface area is 114 Å². The van der Waals surface area contributed by atoms with Crippen molar-refractivity contribution in [1.82, 2.24) is 4.98 Å². The van der Waals surface area contributed by atoms with Crippen molar-refractivity contribution in [3.05, 3.63) is 53.5 Å². The molecule has 1 aromatic heterocycles. The Bertz CT molecular complexity index is 678. The molecule has 0 saturated heterocycles. The zero-order chi connectivity index (χ0) is 14.5. The van der Waals surface area contributed by atoms with Crippen LogP contribution in [0.3, 0.4) is 0 Å². The molecule has 20 heavy (non-hydrogen) atoms. The van der Waals surface area contributed by atoms with Gasteiger partial charge >= 0.3 is 0 Å². The molecule has 0 spiro atoms. The van der Waals surface area contributed by atoms with E-state index in [4.69, 9.17) is 11.1 Å². The van der Waals surface area contributed by atoms with Crippen LogP contribution in [-0.4, -0.2) is 10.9 Å². The fourth-order valence-electron chi connectivity index (χ4n) is 1.51. The Morgan fingerprint density at radius 1 is 1.35 bits per heavy atom. The third-order valence-corrected chi connectivity index (χ3v) is 2.52. The van der Waals surface area contributed by atoms with Crippen molar-refractivity contribution in [3.8, 4) is 6.07 Å². The van der Waals surface area contributed by atoms with Crippen LogP contribution in [0.5, 0.6) is 0 Å². The molecule has 1 heterocycles. The molecular weight excluding hydrogens is 261 g/mol. The van der Waals surface area contributed by atoms with Crippen LogP contribution >= 0.6 is 0 Å². The second-order valence-corrected chi connectivity index (χ2v) is 3.84. The van der Waals surface area contributed by atoms with Gasteiger partial charge in [0.05, 0.1) is 11.1 Å². The number of hydrogen-bond donors (Lipinski definition) is 3. The summed E-state index contributed by atoms with van der Waals surface area (Å²) in [4.78, 5) is 15.8. The summed E-state index contributed by atoms with van der Waals surface area (Å²) in [7, 11) is 0. The van der Waals surface area contributed by atoms with Gasteiger partial charge in [0.15, 0.2) is 0 Å². The van der Waals surface area contributed by atoms with E-state index in [1.54, 1.807) is 12.1 Å². The molecule has 0 aliphatic rings. The highest BCUT2D eigenvalue weighted by atomic mass is 19.1. The Balaban J connectivity index is 2.17. The Kier molecular flexibility index (Phi) is 3.88. The van der Waals surface area contributed by atoms with Gasteiger partial charge in [0.1, 0.15) is 17.7 Å². The summed E-state index contributed by atoms with van der Waals surface area (Å²) in [5.74, 6) is 4.54. The standard InChI is InChI=1S/C13H10FN5O/c14-11-3-2-10(5-9(11)6-15)18-13(20)8-1-4-12(19-16)17-7-8/h1-5,7H,16H2,(H,17,19)(H,18,20). The van der Waals surface area contributed by atoms with E-state index in [0.29, 0.717) is 17.1 Å². The number of aromatic nitrogens is 1. The lowest BCUT2D eigenvalue weighted by Gasteiger charge is -2.06. The molecule has 0 bridgehead atoms. The molecule has 1 amide bonds. The largest absolute Gasteiger partial charge is 0.322 e. The first-order valence-corrected chi connectivity index (χ1v) is 5.57. The smallest absolute Gasteiger partial charge is 0.257 e. The maximum atomic E-state index is 13.1. The number of nitrogen functional groups attached to an aromatic ring is 1. The summed E-state index contributed by atoms with van der Waals surface area (Å²) in [6, 6.07) is 8.53. The second-order valence-electron chi connectivity index (χ2n) is 3.84. The van der Waals surface area contributed by atoms with E-state index in [1.807, 2.05) is 0 Å². The Hall–Kier alpha value is -2.98. The number of rotatable bonds is 3. The molecule has 0 atom stereocenters. The van der Waals surface area contributed by atoms with Crippen molar-refractivity contribution in [2.24, 2.45) is 5.84 Å². The minimum atomic E-state index is -0.634. The van der Waals surface area contributed by atoms with Crippen molar-refractivity contribution in [2.75, 3.05) is 10.7 Å². The minimum absolute atomic E-state index is 0.136. The molecule has 0 aliphatic heterocycles. The van der Waals surface area contributed by atoms with Crippen LogP contribution in [0.1, 0.15) is 15.9 Å². The lowest BCUT2D eigenvalue weighted by atomic mass is 10.2. The van der Waals surface area contributed by atoms with Crippen molar-refractivity contribution in [1.29, 1.82) is 5.26 Å². The van der Waals surface area contributed by atoms with E-state index in [2.05, 4.69) is 15.7 Å². The number of nitriles is 1. The Morgan fingerprint density at radius 3 is 2.75 bits per heavy atom. The number of carbonyl (C=O) groups excluding carboxylic acids is 1. The Morgan fingerprint density at radius 2 is 2.15 bits per heavy atom. The van der Waals surface area contributed by atoms with Crippen molar-refractivity contribution in [3.63, 3.8) is 0 Å². The van der Waals surface area contributed by atoms with E-state index in [1.165, 1.54) is 24.4 Å². The van der Waals surface area contributed by atoms with Crippen LogP contribution in [-0.2, 0) is 0 Å². The van der Waals surface area contributed by atoms with E-state index >= 15 is 0 Å². The molecule has 0 unspecified atom stereocenters. The normalized spacial score (nSPS) is 9.65. The number of halogens is 1. The third kappa shape index (κ3) is 2.88. The van der Waals surface area contributed by atoms with Gasteiger partial charge in [-0.25, -0.2) is 15.2 Å². The van der Waals surface area contributed by atoms with Gasteiger partial charge in [-0.3, -0.25) is 4.79 Å². The number of nitrogens with one attached hydrogen (secondary N) is 2. The number of hydrazine groups is 1. The average molecular weight is 271 g/mol. The monoisotopic (exact) mass is 271 g/mol. The molecule has 0 radical (unpaired) electrons. The molecule has 4 N–H and O–H groups in total. The van der Waals surface area contributed by atoms with E-state index < -0.39 is 11.7 Å². The number of pyridine rings is 1. The molecule has 100 valence electrons. The molecular formula is C13H10FN5O. The highest BCUT2D eigenvalue weighted by Crippen LogP contribution is 2.15. The van der Waals surface area contributed by atoms with Crippen LogP contribution in [0.15, 0.2) is 36.5 Å². The maximum absolute atomic E-state index is 13.1. The maximum Gasteiger partial charge on any atom is 0.257 e. The number of anilines is 2. The predicted molar refractivity (Wildman–Crippen MR) is 71.1 cm³/mol. The highest BCUT2D eigenvalue weighted by Gasteiger charge is 2.08. The van der Waals surface area contributed by atoms with Crippen LogP contribution < -0.4 is 16.6 Å². The molecule has 1 aromatic carbocycles. The zero-order valence-electron chi connectivity index (χ0n) is 10.2. The third-order valence-electron chi connectivity index (χ3n) is 2.52. The molecule has 6 nitrogen and oxygen atoms in total. The molecule has 2 aromatic rings. The van der Waals surface area contributed by atoms with Gasteiger partial charge in [-0.2, -0.15) is 5.26 Å². The summed E-state index contributed by atoms with van der Waals surface area (Å²) in [5.41, 5.74) is 2.85. The summed E-state index contributed by atoms with van der Waals surface area (Å²) >= 11 is 0. The van der Waals surface area contributed by atoms with Gasteiger partial charge in [-0.1, -0.05) is 0 Å². The number of amides is 1. The first kappa shape index (κ1) is 13.5. The van der Waals surface area contributed by atoms with Gasteiger partial charge in [0.2, 0.25) is 0 Å². The SMILES string of the molecule is N#Cc1cc(NC(=O)c2ccc(NN)nc2)ccc1F. The van der Waals surface area contributed by atoms with Crippen LogP contribution in [0, 0.1) is 17.1 Å². The van der Waals surface area contributed by atoms with Crippen molar-refractivity contribution in [2.45, 2.75) is 0 Å². The van der Waals surface area contributed by atoms with Gasteiger partial charge in [0.25, 0.3) is 5.91 Å². The van der Waals surface area contributed by atoms with Gasteiger partial charge in [-0.15, -0.1) is 0 Å². The minimum Gasteiger partial charge on any atom is -0.322 e. The van der Waals surface area contributed by atoms with Gasteiger partial charge in [-0.05, 0) is 30.3 Å². The predicted octanol–water partition coefficient (Wildman–Crippen LogP) is 1.63. The average Bonchev–Trinajstić information content (AvgIpc) is 2.49. The second kappa shape index (κ2) is 5.77. The lowest BCUT2D eigenvalue weighted by molar-refractivity contribution is 0.102. The first-order valence-electron chi connectivity index (χ1n) is 5.57. The highest BCUT2D eigenvalue weighted by molar-refractivity contribution is 6.04. The van der Waals surface area contributed by atoms with E-state index in [-0.39, 0.29) is 5.56 Å². The molecule has 0 saturated carbocycles. The molecule has 7 heteroatoms. The number of carbonyl (C=O) groups is 1. The number of nitrogens with zero attached hydrogens (tertiary/aromatic N) is 2. The number of nitrogens with two attached hydrogens (primary N) is 1. The molecule has 0 fully saturated rings. The summed E-state index contributed by atoms with van der Waals surface area (Å²) < 4.78 is 13.1. The van der Waals surface area contributed by atoms with Crippen LogP contribution in [0.2, 0.25) is 0 Å². The van der Waals surface area contributed by atoms with E-state index in [0.717, 1.165) is 6.07 Å². The number of benzene rings is 1. The van der Waals surface area contributed by atoms with Gasteiger partial charge in [0, 0.05) is 11.9 Å². The topological polar surface area (TPSA) is 104 Å².